The molecule has 3 heterocycles. The molecule has 3 rings (SSSR count). The minimum Gasteiger partial charge on any atom is -0.465 e. The standard InChI is InChI=1S/C16H22ClN5O2S/c1-3-22-11-12(9-18-22)10-20-5-4-6-21(8-7-20)16-19-14(17)13(25-16)15(23)24-2/h9,11H,3-8,10H2,1-2H3. The lowest BCUT2D eigenvalue weighted by Crippen LogP contribution is -2.30. The average Bonchev–Trinajstić information content (AvgIpc) is 3.15. The van der Waals surface area contributed by atoms with Crippen molar-refractivity contribution < 1.29 is 9.53 Å². The van der Waals surface area contributed by atoms with E-state index < -0.39 is 5.97 Å². The molecule has 136 valence electrons. The molecule has 0 N–H and O–H groups in total. The second-order valence-corrected chi connectivity index (χ2v) is 7.26. The van der Waals surface area contributed by atoms with Gasteiger partial charge in [-0.1, -0.05) is 22.9 Å². The fraction of sp³-hybridized carbons (Fsp3) is 0.562. The van der Waals surface area contributed by atoms with E-state index in [0.717, 1.165) is 50.8 Å². The lowest BCUT2D eigenvalue weighted by Gasteiger charge is -2.20. The molecule has 0 amide bonds. The van der Waals surface area contributed by atoms with Gasteiger partial charge in [0.15, 0.2) is 15.2 Å². The number of aryl methyl sites for hydroxylation is 1. The monoisotopic (exact) mass is 383 g/mol. The number of methoxy groups -OCH3 is 1. The zero-order valence-electron chi connectivity index (χ0n) is 14.4. The molecule has 0 spiro atoms. The topological polar surface area (TPSA) is 63.5 Å². The Labute approximate surface area is 156 Å². The van der Waals surface area contributed by atoms with Crippen molar-refractivity contribution in [3.8, 4) is 0 Å². The van der Waals surface area contributed by atoms with Crippen LogP contribution in [0.15, 0.2) is 12.4 Å². The highest BCUT2D eigenvalue weighted by Crippen LogP contribution is 2.30. The summed E-state index contributed by atoms with van der Waals surface area (Å²) in [5, 5.41) is 5.34. The van der Waals surface area contributed by atoms with Crippen LogP contribution in [0, 0.1) is 0 Å². The summed E-state index contributed by atoms with van der Waals surface area (Å²) in [7, 11) is 1.35. The first-order valence-electron chi connectivity index (χ1n) is 8.34. The molecule has 9 heteroatoms. The molecule has 2 aromatic heterocycles. The maximum Gasteiger partial charge on any atom is 0.351 e. The van der Waals surface area contributed by atoms with Gasteiger partial charge in [0.2, 0.25) is 0 Å². The molecule has 1 saturated heterocycles. The molecular formula is C16H22ClN5O2S. The highest BCUT2D eigenvalue weighted by Gasteiger charge is 2.23. The van der Waals surface area contributed by atoms with Crippen molar-refractivity contribution in [3.63, 3.8) is 0 Å². The Hall–Kier alpha value is -1.64. The summed E-state index contributed by atoms with van der Waals surface area (Å²) in [4.78, 5) is 21.0. The van der Waals surface area contributed by atoms with E-state index in [2.05, 4.69) is 33.0 Å². The van der Waals surface area contributed by atoms with Gasteiger partial charge in [0.05, 0.1) is 13.3 Å². The van der Waals surface area contributed by atoms with Gasteiger partial charge in [0, 0.05) is 51.0 Å². The number of rotatable bonds is 5. The van der Waals surface area contributed by atoms with E-state index >= 15 is 0 Å². The van der Waals surface area contributed by atoms with Gasteiger partial charge in [-0.15, -0.1) is 0 Å². The second kappa shape index (κ2) is 8.16. The number of carbonyl (C=O) groups excluding carboxylic acids is 1. The first-order valence-corrected chi connectivity index (χ1v) is 9.53. The Balaban J connectivity index is 1.62. The molecule has 0 atom stereocenters. The fourth-order valence-corrected chi connectivity index (χ4v) is 4.14. The van der Waals surface area contributed by atoms with Crippen LogP contribution < -0.4 is 4.90 Å². The first kappa shape index (κ1) is 18.2. The number of esters is 1. The van der Waals surface area contributed by atoms with Crippen molar-refractivity contribution in [1.29, 1.82) is 0 Å². The number of thiazole rings is 1. The maximum atomic E-state index is 11.7. The minimum absolute atomic E-state index is 0.222. The summed E-state index contributed by atoms with van der Waals surface area (Å²) < 4.78 is 6.70. The second-order valence-electron chi connectivity index (χ2n) is 5.93. The molecule has 0 radical (unpaired) electrons. The van der Waals surface area contributed by atoms with E-state index in [-0.39, 0.29) is 5.15 Å². The Morgan fingerprint density at radius 2 is 2.20 bits per heavy atom. The molecule has 1 aliphatic heterocycles. The van der Waals surface area contributed by atoms with Gasteiger partial charge < -0.3 is 9.64 Å². The highest BCUT2D eigenvalue weighted by molar-refractivity contribution is 7.18. The Morgan fingerprint density at radius 3 is 2.92 bits per heavy atom. The van der Waals surface area contributed by atoms with Gasteiger partial charge in [-0.2, -0.15) is 5.10 Å². The number of aromatic nitrogens is 3. The van der Waals surface area contributed by atoms with Crippen molar-refractivity contribution in [2.24, 2.45) is 0 Å². The fourth-order valence-electron chi connectivity index (χ4n) is 2.88. The first-order chi connectivity index (χ1) is 12.1. The SMILES string of the molecule is CCn1cc(CN2CCCN(c3nc(Cl)c(C(=O)OC)s3)CC2)cn1. The molecule has 7 nitrogen and oxygen atoms in total. The summed E-state index contributed by atoms with van der Waals surface area (Å²) >= 11 is 7.38. The summed E-state index contributed by atoms with van der Waals surface area (Å²) in [5.41, 5.74) is 1.24. The normalized spacial score (nSPS) is 16.0. The highest BCUT2D eigenvalue weighted by atomic mass is 35.5. The lowest BCUT2D eigenvalue weighted by molar-refractivity contribution is 0.0606. The lowest BCUT2D eigenvalue weighted by atomic mass is 10.3. The van der Waals surface area contributed by atoms with E-state index in [9.17, 15) is 4.79 Å². The van der Waals surface area contributed by atoms with Gasteiger partial charge in [-0.05, 0) is 13.3 Å². The molecule has 1 fully saturated rings. The molecule has 0 bridgehead atoms. The molecule has 1 aliphatic rings. The molecule has 25 heavy (non-hydrogen) atoms. The van der Waals surface area contributed by atoms with Crippen molar-refractivity contribution in [3.05, 3.63) is 28.0 Å². The van der Waals surface area contributed by atoms with Gasteiger partial charge >= 0.3 is 5.97 Å². The third-order valence-electron chi connectivity index (χ3n) is 4.22. The molecule has 0 saturated carbocycles. The van der Waals surface area contributed by atoms with Crippen LogP contribution in [-0.4, -0.2) is 58.9 Å². The van der Waals surface area contributed by atoms with Gasteiger partial charge in [0.25, 0.3) is 0 Å². The molecule has 2 aromatic rings. The van der Waals surface area contributed by atoms with Gasteiger partial charge in [-0.25, -0.2) is 9.78 Å². The minimum atomic E-state index is -0.432. The van der Waals surface area contributed by atoms with Crippen LogP contribution in [-0.2, 0) is 17.8 Å². The predicted molar refractivity (Wildman–Crippen MR) is 98.5 cm³/mol. The Kier molecular flexibility index (Phi) is 5.93. The average molecular weight is 384 g/mol. The van der Waals surface area contributed by atoms with Crippen LogP contribution in [0.4, 0.5) is 5.13 Å². The van der Waals surface area contributed by atoms with Crippen molar-refractivity contribution in [2.75, 3.05) is 38.2 Å². The van der Waals surface area contributed by atoms with E-state index in [4.69, 9.17) is 16.3 Å². The summed E-state index contributed by atoms with van der Waals surface area (Å²) in [5.74, 6) is -0.432. The van der Waals surface area contributed by atoms with Crippen LogP contribution in [0.25, 0.3) is 0 Å². The van der Waals surface area contributed by atoms with Crippen LogP contribution in [0.3, 0.4) is 0 Å². The van der Waals surface area contributed by atoms with Crippen LogP contribution in [0.1, 0.15) is 28.6 Å². The van der Waals surface area contributed by atoms with Crippen molar-refractivity contribution in [1.82, 2.24) is 19.7 Å². The zero-order chi connectivity index (χ0) is 17.8. The molecule has 0 aromatic carbocycles. The van der Waals surface area contributed by atoms with Crippen molar-refractivity contribution >= 4 is 34.0 Å². The molecule has 0 aliphatic carbocycles. The number of hydrogen-bond acceptors (Lipinski definition) is 7. The van der Waals surface area contributed by atoms with E-state index in [1.165, 1.54) is 24.0 Å². The zero-order valence-corrected chi connectivity index (χ0v) is 16.0. The van der Waals surface area contributed by atoms with Crippen LogP contribution in [0.2, 0.25) is 5.15 Å². The third-order valence-corrected chi connectivity index (χ3v) is 5.70. The van der Waals surface area contributed by atoms with Gasteiger partial charge in [-0.3, -0.25) is 9.58 Å². The van der Waals surface area contributed by atoms with Crippen LogP contribution in [0.5, 0.6) is 0 Å². The third kappa shape index (κ3) is 4.31. The summed E-state index contributed by atoms with van der Waals surface area (Å²) in [6, 6.07) is 0. The van der Waals surface area contributed by atoms with E-state index in [1.807, 2.05) is 10.9 Å². The van der Waals surface area contributed by atoms with Gasteiger partial charge in [0.1, 0.15) is 0 Å². The molecule has 0 unspecified atom stereocenters. The van der Waals surface area contributed by atoms with E-state index in [1.54, 1.807) is 0 Å². The summed E-state index contributed by atoms with van der Waals surface area (Å²) in [6.07, 6.45) is 5.08. The summed E-state index contributed by atoms with van der Waals surface area (Å²) in [6.45, 7) is 7.59. The largest absolute Gasteiger partial charge is 0.465 e. The number of carbonyl (C=O) groups is 1. The Bertz CT molecular complexity index is 732. The van der Waals surface area contributed by atoms with Crippen molar-refractivity contribution in [2.45, 2.75) is 26.4 Å². The number of ether oxygens (including phenoxy) is 1. The number of nitrogens with zero attached hydrogens (tertiary/aromatic N) is 5. The van der Waals surface area contributed by atoms with Crippen LogP contribution >= 0.6 is 22.9 Å². The smallest absolute Gasteiger partial charge is 0.351 e. The number of halogens is 1. The van der Waals surface area contributed by atoms with E-state index in [0.29, 0.717) is 4.88 Å². The molecular weight excluding hydrogens is 362 g/mol. The number of anilines is 1. The predicted octanol–water partition coefficient (Wildman–Crippen LogP) is 2.51. The quantitative estimate of drug-likeness (QED) is 0.739. The maximum absolute atomic E-state index is 11.7. The Morgan fingerprint density at radius 1 is 1.36 bits per heavy atom. The number of hydrogen-bond donors (Lipinski definition) is 0.